The Morgan fingerprint density at radius 1 is 0.927 bits per heavy atom. The van der Waals surface area contributed by atoms with E-state index in [0.717, 1.165) is 51.8 Å². The molecule has 3 unspecified atom stereocenters. The van der Waals surface area contributed by atoms with Crippen LogP contribution in [-0.4, -0.2) is 17.3 Å². The van der Waals surface area contributed by atoms with Crippen molar-refractivity contribution in [3.8, 4) is 0 Å². The predicted molar refractivity (Wildman–Crippen MR) is 168 cm³/mol. The van der Waals surface area contributed by atoms with Gasteiger partial charge in [0.15, 0.2) is 17.3 Å². The Bertz CT molecular complexity index is 1610. The van der Waals surface area contributed by atoms with Crippen LogP contribution in [0.3, 0.4) is 0 Å². The van der Waals surface area contributed by atoms with Gasteiger partial charge in [0.1, 0.15) is 0 Å². The summed E-state index contributed by atoms with van der Waals surface area (Å²) in [6, 6.07) is 10.7. The molecular weight excluding hydrogens is 504 g/mol. The largest absolute Gasteiger partial charge is 0.294 e. The van der Waals surface area contributed by atoms with E-state index in [4.69, 9.17) is 0 Å². The smallest absolute Gasteiger partial charge is 0.190 e. The lowest BCUT2D eigenvalue weighted by Crippen LogP contribution is -2.57. The van der Waals surface area contributed by atoms with E-state index in [1.165, 1.54) is 23.6 Å². The SMILES string of the molecule is CC(=O)C1=C(C)CC2(C)CC3(C)Cc4c(C(C)C)cc(C=Cc5ccc(C)cc5)c(C)c4C(=O)C3=C(C)C2(C)C1=O. The van der Waals surface area contributed by atoms with Crippen LogP contribution in [0.5, 0.6) is 0 Å². The standard InChI is InChI=1S/C38H44O3/c1-21(2)29-17-28(16-15-27-13-11-22(3)12-14-27)24(5)32-30(29)19-36(8)20-37(9)18-23(4)31(26(7)39)35(41)38(37,10)25(6)33(36)34(32)40/h11-17,21H,18-20H2,1-10H3. The molecule has 0 heterocycles. The van der Waals surface area contributed by atoms with Crippen LogP contribution in [-0.2, 0) is 16.0 Å². The van der Waals surface area contributed by atoms with E-state index in [1.807, 2.05) is 20.8 Å². The molecule has 2 aromatic rings. The number of ketones is 3. The molecule has 0 aliphatic heterocycles. The zero-order valence-electron chi connectivity index (χ0n) is 26.5. The fraction of sp³-hybridized carbons (Fsp3) is 0.447. The zero-order valence-corrected chi connectivity index (χ0v) is 26.5. The number of aryl methyl sites for hydroxylation is 1. The Morgan fingerprint density at radius 3 is 2.15 bits per heavy atom. The molecule has 3 aliphatic rings. The second-order valence-electron chi connectivity index (χ2n) is 14.1. The van der Waals surface area contributed by atoms with Gasteiger partial charge in [-0.25, -0.2) is 0 Å². The topological polar surface area (TPSA) is 51.2 Å². The monoisotopic (exact) mass is 548 g/mol. The molecule has 3 atom stereocenters. The average Bonchev–Trinajstić information content (AvgIpc) is 2.86. The maximum Gasteiger partial charge on any atom is 0.190 e. The molecule has 0 fully saturated rings. The minimum absolute atomic E-state index is 0.0583. The van der Waals surface area contributed by atoms with Crippen molar-refractivity contribution >= 4 is 29.5 Å². The van der Waals surface area contributed by atoms with Crippen LogP contribution in [0.1, 0.15) is 118 Å². The molecule has 41 heavy (non-hydrogen) atoms. The minimum atomic E-state index is -0.896. The van der Waals surface area contributed by atoms with Crippen LogP contribution in [0.25, 0.3) is 12.2 Å². The maximum atomic E-state index is 14.8. The van der Waals surface area contributed by atoms with Gasteiger partial charge in [0.2, 0.25) is 0 Å². The van der Waals surface area contributed by atoms with Crippen LogP contribution in [0, 0.1) is 30.1 Å². The van der Waals surface area contributed by atoms with E-state index in [1.54, 1.807) is 0 Å². The number of hydrogen-bond acceptors (Lipinski definition) is 3. The Balaban J connectivity index is 1.72. The zero-order chi connectivity index (χ0) is 30.2. The molecule has 0 spiro atoms. The van der Waals surface area contributed by atoms with Gasteiger partial charge in [-0.3, -0.25) is 14.4 Å². The molecule has 0 N–H and O–H groups in total. The number of benzene rings is 2. The molecule has 214 valence electrons. The number of fused-ring (bicyclic) bond motifs is 3. The van der Waals surface area contributed by atoms with E-state index in [2.05, 4.69) is 84.0 Å². The van der Waals surface area contributed by atoms with Crippen molar-refractivity contribution in [2.45, 2.75) is 94.4 Å². The number of hydrogen-bond donors (Lipinski definition) is 0. The average molecular weight is 549 g/mol. The summed E-state index contributed by atoms with van der Waals surface area (Å²) >= 11 is 0. The van der Waals surface area contributed by atoms with Gasteiger partial charge in [-0.1, -0.05) is 86.9 Å². The van der Waals surface area contributed by atoms with Crippen LogP contribution >= 0.6 is 0 Å². The second-order valence-corrected chi connectivity index (χ2v) is 14.1. The highest BCUT2D eigenvalue weighted by molar-refractivity contribution is 6.24. The molecular formula is C38H44O3. The Hall–Kier alpha value is -3.33. The van der Waals surface area contributed by atoms with Crippen molar-refractivity contribution in [3.05, 3.63) is 91.6 Å². The second kappa shape index (κ2) is 9.61. The first kappa shape index (κ1) is 29.2. The molecule has 0 aromatic heterocycles. The summed E-state index contributed by atoms with van der Waals surface area (Å²) in [5.41, 5.74) is 8.80. The molecule has 3 heteroatoms. The Morgan fingerprint density at radius 2 is 1.56 bits per heavy atom. The van der Waals surface area contributed by atoms with Gasteiger partial charge in [-0.05, 0) is 100.0 Å². The fourth-order valence-corrected chi connectivity index (χ4v) is 8.58. The van der Waals surface area contributed by atoms with Crippen molar-refractivity contribution in [1.82, 2.24) is 0 Å². The highest BCUT2D eigenvalue weighted by atomic mass is 16.2. The third-order valence-corrected chi connectivity index (χ3v) is 10.8. The summed E-state index contributed by atoms with van der Waals surface area (Å²) in [5.74, 6) is 0.0341. The lowest BCUT2D eigenvalue weighted by Gasteiger charge is -2.59. The molecule has 2 aromatic carbocycles. The van der Waals surface area contributed by atoms with Crippen molar-refractivity contribution in [2.24, 2.45) is 16.2 Å². The third kappa shape index (κ3) is 4.18. The highest BCUT2D eigenvalue weighted by Gasteiger charge is 2.63. The number of allylic oxidation sites excluding steroid dienone is 4. The molecule has 0 saturated heterocycles. The molecule has 5 rings (SSSR count). The maximum absolute atomic E-state index is 14.8. The van der Waals surface area contributed by atoms with Crippen LogP contribution in [0.15, 0.2) is 52.6 Å². The summed E-state index contributed by atoms with van der Waals surface area (Å²) in [6.07, 6.45) is 6.44. The third-order valence-electron chi connectivity index (χ3n) is 10.8. The summed E-state index contributed by atoms with van der Waals surface area (Å²) in [4.78, 5) is 41.5. The summed E-state index contributed by atoms with van der Waals surface area (Å²) < 4.78 is 0. The fourth-order valence-electron chi connectivity index (χ4n) is 8.58. The van der Waals surface area contributed by atoms with Gasteiger partial charge in [0, 0.05) is 16.6 Å². The van der Waals surface area contributed by atoms with Gasteiger partial charge >= 0.3 is 0 Å². The Labute approximate surface area is 245 Å². The summed E-state index contributed by atoms with van der Waals surface area (Å²) in [5, 5.41) is 0. The van der Waals surface area contributed by atoms with E-state index in [-0.39, 0.29) is 34.1 Å². The van der Waals surface area contributed by atoms with Crippen molar-refractivity contribution in [1.29, 1.82) is 0 Å². The summed E-state index contributed by atoms with van der Waals surface area (Å²) in [6.45, 7) is 20.4. The number of rotatable bonds is 4. The minimum Gasteiger partial charge on any atom is -0.294 e. The normalized spacial score (nSPS) is 27.9. The summed E-state index contributed by atoms with van der Waals surface area (Å²) in [7, 11) is 0. The molecule has 0 radical (unpaired) electrons. The van der Waals surface area contributed by atoms with Crippen LogP contribution in [0.2, 0.25) is 0 Å². The van der Waals surface area contributed by atoms with E-state index in [0.29, 0.717) is 12.0 Å². The van der Waals surface area contributed by atoms with Gasteiger partial charge in [0.25, 0.3) is 0 Å². The lowest BCUT2D eigenvalue weighted by atomic mass is 9.42. The van der Waals surface area contributed by atoms with Gasteiger partial charge in [-0.2, -0.15) is 0 Å². The quantitative estimate of drug-likeness (QED) is 0.283. The first-order valence-electron chi connectivity index (χ1n) is 15.0. The van der Waals surface area contributed by atoms with Gasteiger partial charge in [0.05, 0.1) is 11.0 Å². The predicted octanol–water partition coefficient (Wildman–Crippen LogP) is 8.95. The highest BCUT2D eigenvalue weighted by Crippen LogP contribution is 2.66. The van der Waals surface area contributed by atoms with Crippen molar-refractivity contribution in [3.63, 3.8) is 0 Å². The van der Waals surface area contributed by atoms with Gasteiger partial charge in [-0.15, -0.1) is 0 Å². The van der Waals surface area contributed by atoms with E-state index in [9.17, 15) is 14.4 Å². The van der Waals surface area contributed by atoms with E-state index >= 15 is 0 Å². The van der Waals surface area contributed by atoms with Crippen LogP contribution in [0.4, 0.5) is 0 Å². The van der Waals surface area contributed by atoms with Gasteiger partial charge < -0.3 is 0 Å². The molecule has 3 aliphatic carbocycles. The first-order valence-corrected chi connectivity index (χ1v) is 15.0. The van der Waals surface area contributed by atoms with E-state index < -0.39 is 5.41 Å². The first-order chi connectivity index (χ1) is 19.1. The lowest BCUT2D eigenvalue weighted by molar-refractivity contribution is -0.134. The molecule has 0 bridgehead atoms. The van der Waals surface area contributed by atoms with Crippen LogP contribution < -0.4 is 0 Å². The number of carbonyl (C=O) groups excluding carboxylic acids is 3. The van der Waals surface area contributed by atoms with Crippen molar-refractivity contribution < 1.29 is 14.4 Å². The molecule has 3 nitrogen and oxygen atoms in total. The number of carbonyl (C=O) groups is 3. The number of Topliss-reactive ketones (excluding diaryl/α,β-unsaturated/α-hetero) is 3. The molecule has 0 saturated carbocycles. The van der Waals surface area contributed by atoms with Crippen molar-refractivity contribution in [2.75, 3.05) is 0 Å². The molecule has 0 amide bonds. The Kier molecular flexibility index (Phi) is 6.84.